The molecule has 0 atom stereocenters. The average Bonchev–Trinajstić information content (AvgIpc) is 2.77. The maximum atomic E-state index is 12.5. The molecule has 0 bridgehead atoms. The minimum absolute atomic E-state index is 0.0139. The lowest BCUT2D eigenvalue weighted by molar-refractivity contribution is 0.103. The van der Waals surface area contributed by atoms with Gasteiger partial charge in [-0.05, 0) is 48.6 Å². The van der Waals surface area contributed by atoms with Gasteiger partial charge in [-0.1, -0.05) is 15.9 Å². The minimum Gasteiger partial charge on any atom is -0.496 e. The zero-order valence-electron chi connectivity index (χ0n) is 10.4. The average molecular weight is 325 g/mol. The van der Waals surface area contributed by atoms with E-state index in [1.165, 1.54) is 11.3 Å². The van der Waals surface area contributed by atoms with Crippen LogP contribution in [-0.2, 0) is 0 Å². The Labute approximate surface area is 119 Å². The van der Waals surface area contributed by atoms with Crippen molar-refractivity contribution in [2.75, 3.05) is 7.11 Å². The van der Waals surface area contributed by atoms with E-state index in [4.69, 9.17) is 4.74 Å². The fourth-order valence-electron chi connectivity index (χ4n) is 1.73. The lowest BCUT2D eigenvalue weighted by Gasteiger charge is -2.10. The first kappa shape index (κ1) is 13.3. The summed E-state index contributed by atoms with van der Waals surface area (Å²) in [6.07, 6.45) is 0. The van der Waals surface area contributed by atoms with E-state index in [2.05, 4.69) is 15.9 Å². The summed E-state index contributed by atoms with van der Waals surface area (Å²) in [6.45, 7) is 3.91. The molecule has 1 heterocycles. The maximum Gasteiger partial charge on any atom is 0.206 e. The second-order valence-corrected chi connectivity index (χ2v) is 5.83. The van der Waals surface area contributed by atoms with Crippen LogP contribution in [0.2, 0.25) is 0 Å². The van der Waals surface area contributed by atoms with Crippen LogP contribution in [0.5, 0.6) is 5.75 Å². The van der Waals surface area contributed by atoms with Gasteiger partial charge in [0.2, 0.25) is 5.78 Å². The van der Waals surface area contributed by atoms with Gasteiger partial charge in [-0.3, -0.25) is 4.79 Å². The fraction of sp³-hybridized carbons (Fsp3) is 0.214. The number of benzene rings is 1. The van der Waals surface area contributed by atoms with Gasteiger partial charge in [0, 0.05) is 4.47 Å². The summed E-state index contributed by atoms with van der Waals surface area (Å²) in [5.74, 6) is 0.633. The summed E-state index contributed by atoms with van der Waals surface area (Å²) >= 11 is 4.92. The summed E-state index contributed by atoms with van der Waals surface area (Å²) < 4.78 is 6.22. The van der Waals surface area contributed by atoms with Crippen molar-refractivity contribution in [2.24, 2.45) is 0 Å². The fourth-order valence-corrected chi connectivity index (χ4v) is 2.95. The van der Waals surface area contributed by atoms with Gasteiger partial charge in [0.05, 0.1) is 17.6 Å². The van der Waals surface area contributed by atoms with Crippen molar-refractivity contribution in [1.82, 2.24) is 0 Å². The third-order valence-electron chi connectivity index (χ3n) is 2.79. The standard InChI is InChI=1S/C14H13BrO2S/c1-8-4-5-18-14(8)13(16)10-7-11(15)9(2)6-12(10)17-3/h4-7H,1-3H3. The molecule has 94 valence electrons. The van der Waals surface area contributed by atoms with Crippen LogP contribution in [0.1, 0.15) is 26.4 Å². The second-order valence-electron chi connectivity index (χ2n) is 4.06. The number of hydrogen-bond donors (Lipinski definition) is 0. The normalized spacial score (nSPS) is 10.4. The van der Waals surface area contributed by atoms with E-state index in [9.17, 15) is 4.79 Å². The Hall–Kier alpha value is -1.13. The van der Waals surface area contributed by atoms with Gasteiger partial charge < -0.3 is 4.74 Å². The van der Waals surface area contributed by atoms with E-state index >= 15 is 0 Å². The first-order valence-corrected chi connectivity index (χ1v) is 7.14. The van der Waals surface area contributed by atoms with Crippen LogP contribution < -0.4 is 4.74 Å². The maximum absolute atomic E-state index is 12.5. The highest BCUT2D eigenvalue weighted by Gasteiger charge is 2.18. The highest BCUT2D eigenvalue weighted by molar-refractivity contribution is 9.10. The molecule has 0 radical (unpaired) electrons. The molecule has 0 spiro atoms. The van der Waals surface area contributed by atoms with Gasteiger partial charge in [-0.2, -0.15) is 0 Å². The molecular formula is C14H13BrO2S. The van der Waals surface area contributed by atoms with Gasteiger partial charge in [0.15, 0.2) is 0 Å². The van der Waals surface area contributed by atoms with Crippen LogP contribution in [0.25, 0.3) is 0 Å². The summed E-state index contributed by atoms with van der Waals surface area (Å²) in [5.41, 5.74) is 2.65. The van der Waals surface area contributed by atoms with E-state index in [1.807, 2.05) is 37.4 Å². The molecule has 0 aliphatic heterocycles. The van der Waals surface area contributed by atoms with E-state index in [0.29, 0.717) is 11.3 Å². The number of ether oxygens (including phenoxy) is 1. The molecule has 2 aromatic rings. The Bertz CT molecular complexity index is 602. The lowest BCUT2D eigenvalue weighted by atomic mass is 10.0. The van der Waals surface area contributed by atoms with Crippen molar-refractivity contribution in [3.05, 3.63) is 49.6 Å². The first-order valence-electron chi connectivity index (χ1n) is 5.47. The molecule has 0 aliphatic rings. The number of aryl methyl sites for hydroxylation is 2. The quantitative estimate of drug-likeness (QED) is 0.784. The van der Waals surface area contributed by atoms with Gasteiger partial charge in [0.1, 0.15) is 5.75 Å². The molecule has 1 aromatic carbocycles. The number of carbonyl (C=O) groups excluding carboxylic acids is 1. The van der Waals surface area contributed by atoms with Gasteiger partial charge in [-0.25, -0.2) is 0 Å². The molecule has 0 fully saturated rings. The number of thiophene rings is 1. The number of ketones is 1. The molecule has 1 aromatic heterocycles. The van der Waals surface area contributed by atoms with Crippen molar-refractivity contribution in [3.63, 3.8) is 0 Å². The smallest absolute Gasteiger partial charge is 0.206 e. The minimum atomic E-state index is 0.0139. The highest BCUT2D eigenvalue weighted by Crippen LogP contribution is 2.30. The molecule has 0 amide bonds. The summed E-state index contributed by atoms with van der Waals surface area (Å²) in [4.78, 5) is 13.2. The zero-order valence-corrected chi connectivity index (χ0v) is 12.8. The number of rotatable bonds is 3. The molecule has 0 saturated carbocycles. The van der Waals surface area contributed by atoms with Crippen LogP contribution in [0, 0.1) is 13.8 Å². The number of hydrogen-bond acceptors (Lipinski definition) is 3. The first-order chi connectivity index (χ1) is 8.54. The summed E-state index contributed by atoms with van der Waals surface area (Å²) in [6, 6.07) is 5.66. The zero-order chi connectivity index (χ0) is 13.3. The summed E-state index contributed by atoms with van der Waals surface area (Å²) in [5, 5.41) is 1.93. The molecule has 2 rings (SSSR count). The Morgan fingerprint density at radius 2 is 2.00 bits per heavy atom. The van der Waals surface area contributed by atoms with E-state index in [0.717, 1.165) is 20.5 Å². The third-order valence-corrected chi connectivity index (χ3v) is 4.66. The Morgan fingerprint density at radius 3 is 2.56 bits per heavy atom. The topological polar surface area (TPSA) is 26.3 Å². The highest BCUT2D eigenvalue weighted by atomic mass is 79.9. The predicted molar refractivity (Wildman–Crippen MR) is 77.9 cm³/mol. The van der Waals surface area contributed by atoms with E-state index in [1.54, 1.807) is 7.11 Å². The number of halogens is 1. The van der Waals surface area contributed by atoms with Crippen LogP contribution in [-0.4, -0.2) is 12.9 Å². The molecule has 0 saturated heterocycles. The molecule has 0 N–H and O–H groups in total. The van der Waals surface area contributed by atoms with Crippen LogP contribution in [0.3, 0.4) is 0 Å². The molecule has 0 unspecified atom stereocenters. The van der Waals surface area contributed by atoms with E-state index in [-0.39, 0.29) is 5.78 Å². The van der Waals surface area contributed by atoms with Crippen molar-refractivity contribution in [3.8, 4) is 5.75 Å². The second kappa shape index (κ2) is 5.24. The Morgan fingerprint density at radius 1 is 1.28 bits per heavy atom. The molecule has 2 nitrogen and oxygen atoms in total. The Kier molecular flexibility index (Phi) is 3.88. The Balaban J connectivity index is 2.54. The predicted octanol–water partition coefficient (Wildman–Crippen LogP) is 4.37. The van der Waals surface area contributed by atoms with Gasteiger partial charge >= 0.3 is 0 Å². The molecule has 4 heteroatoms. The summed E-state index contributed by atoms with van der Waals surface area (Å²) in [7, 11) is 1.58. The number of carbonyl (C=O) groups is 1. The molecular weight excluding hydrogens is 312 g/mol. The molecule has 18 heavy (non-hydrogen) atoms. The third kappa shape index (κ3) is 2.35. The lowest BCUT2D eigenvalue weighted by Crippen LogP contribution is -2.04. The van der Waals surface area contributed by atoms with Crippen molar-refractivity contribution in [2.45, 2.75) is 13.8 Å². The van der Waals surface area contributed by atoms with Crippen molar-refractivity contribution >= 4 is 33.0 Å². The van der Waals surface area contributed by atoms with Gasteiger partial charge in [-0.15, -0.1) is 11.3 Å². The van der Waals surface area contributed by atoms with E-state index < -0.39 is 0 Å². The van der Waals surface area contributed by atoms with Crippen molar-refractivity contribution in [1.29, 1.82) is 0 Å². The monoisotopic (exact) mass is 324 g/mol. The SMILES string of the molecule is COc1cc(C)c(Br)cc1C(=O)c1sccc1C. The largest absolute Gasteiger partial charge is 0.496 e. The van der Waals surface area contributed by atoms with Crippen molar-refractivity contribution < 1.29 is 9.53 Å². The van der Waals surface area contributed by atoms with Crippen LogP contribution in [0.4, 0.5) is 0 Å². The molecule has 0 aliphatic carbocycles. The number of methoxy groups -OCH3 is 1. The van der Waals surface area contributed by atoms with Crippen LogP contribution in [0.15, 0.2) is 28.1 Å². The van der Waals surface area contributed by atoms with Gasteiger partial charge in [0.25, 0.3) is 0 Å². The van der Waals surface area contributed by atoms with Crippen LogP contribution >= 0.6 is 27.3 Å².